The predicted molar refractivity (Wildman–Crippen MR) is 154 cm³/mol. The topological polar surface area (TPSA) is 76.7 Å². The molecule has 1 aliphatic carbocycles. The van der Waals surface area contributed by atoms with Crippen LogP contribution in [0.2, 0.25) is 5.02 Å². The summed E-state index contributed by atoms with van der Waals surface area (Å²) in [5.41, 5.74) is 7.30. The number of fused-ring (bicyclic) bond motifs is 1. The van der Waals surface area contributed by atoms with E-state index in [0.717, 1.165) is 37.3 Å². The molecule has 1 unspecified atom stereocenters. The highest BCUT2D eigenvalue weighted by Crippen LogP contribution is 2.41. The molecule has 5 rings (SSSR count). The van der Waals surface area contributed by atoms with Crippen molar-refractivity contribution in [1.82, 2.24) is 15.0 Å². The molecule has 0 spiro atoms. The second-order valence-corrected chi connectivity index (χ2v) is 10.9. The van der Waals surface area contributed by atoms with Crippen molar-refractivity contribution in [2.75, 3.05) is 11.9 Å². The molecule has 0 bridgehead atoms. The lowest BCUT2D eigenvalue weighted by Gasteiger charge is -2.38. The largest absolute Gasteiger partial charge is 0.418 e. The lowest BCUT2D eigenvalue weighted by molar-refractivity contribution is -0.137. The monoisotopic (exact) mass is 567 g/mol. The van der Waals surface area contributed by atoms with Crippen LogP contribution in [-0.2, 0) is 18.1 Å². The molecule has 4 aromatic rings. The fourth-order valence-electron chi connectivity index (χ4n) is 5.75. The molecule has 1 saturated carbocycles. The first-order valence-corrected chi connectivity index (χ1v) is 14.2. The van der Waals surface area contributed by atoms with Gasteiger partial charge in [-0.15, -0.1) is 0 Å². The average molecular weight is 568 g/mol. The van der Waals surface area contributed by atoms with E-state index in [1.807, 2.05) is 31.2 Å². The Morgan fingerprint density at radius 2 is 1.77 bits per heavy atom. The Bertz CT molecular complexity index is 1490. The number of halogens is 4. The van der Waals surface area contributed by atoms with Crippen LogP contribution in [0.1, 0.15) is 62.4 Å². The maximum absolute atomic E-state index is 13.8. The maximum Gasteiger partial charge on any atom is 0.418 e. The Labute approximate surface area is 237 Å². The van der Waals surface area contributed by atoms with Crippen molar-refractivity contribution in [2.45, 2.75) is 63.6 Å². The Kier molecular flexibility index (Phi) is 8.29. The van der Waals surface area contributed by atoms with E-state index >= 15 is 0 Å². The second kappa shape index (κ2) is 11.7. The van der Waals surface area contributed by atoms with Crippen molar-refractivity contribution in [3.63, 3.8) is 0 Å². The summed E-state index contributed by atoms with van der Waals surface area (Å²) >= 11 is 6.36. The number of nitrogens with two attached hydrogens (primary N) is 1. The molecule has 0 saturated heterocycles. The summed E-state index contributed by atoms with van der Waals surface area (Å²) in [5, 5.41) is 4.84. The minimum atomic E-state index is -4.53. The number of hydrogen-bond donors (Lipinski definition) is 2. The van der Waals surface area contributed by atoms with Crippen LogP contribution in [0, 0.1) is 5.92 Å². The lowest BCUT2D eigenvalue weighted by Crippen LogP contribution is -2.46. The molecule has 210 valence electrons. The first-order valence-electron chi connectivity index (χ1n) is 13.8. The zero-order valence-corrected chi connectivity index (χ0v) is 23.2. The van der Waals surface area contributed by atoms with Gasteiger partial charge in [-0.05, 0) is 67.5 Å². The van der Waals surface area contributed by atoms with E-state index < -0.39 is 17.3 Å². The van der Waals surface area contributed by atoms with Crippen LogP contribution in [0.4, 0.5) is 19.0 Å². The minimum Gasteiger partial charge on any atom is -0.369 e. The van der Waals surface area contributed by atoms with Gasteiger partial charge in [0, 0.05) is 28.7 Å². The van der Waals surface area contributed by atoms with E-state index in [4.69, 9.17) is 27.3 Å². The van der Waals surface area contributed by atoms with Crippen LogP contribution in [0.3, 0.4) is 0 Å². The van der Waals surface area contributed by atoms with Gasteiger partial charge < -0.3 is 11.1 Å². The van der Waals surface area contributed by atoms with Gasteiger partial charge in [0.1, 0.15) is 5.82 Å². The number of benzene rings is 2. The molecule has 3 N–H and O–H groups in total. The molecular formula is C31H33ClF3N5. The smallest absolute Gasteiger partial charge is 0.369 e. The van der Waals surface area contributed by atoms with Crippen LogP contribution >= 0.6 is 11.6 Å². The molecule has 0 radical (unpaired) electrons. The van der Waals surface area contributed by atoms with Crippen molar-refractivity contribution >= 4 is 28.3 Å². The molecule has 1 atom stereocenters. The standard InChI is InChI=1S/C31H33ClF3N5/c1-2-30(36,22-10-4-3-5-11-22)29-39-26-19-21(27-24(31(33,34)35)12-8-17-37-27)14-15-23(26)28(40-29)38-18-16-20-9-6-7-13-25(20)32/h6-9,12-15,17,19,22H,2-5,10-11,16,18,36H2,1H3,(H,38,39,40). The quantitative estimate of drug-likeness (QED) is 0.224. The van der Waals surface area contributed by atoms with Crippen molar-refractivity contribution in [1.29, 1.82) is 0 Å². The normalized spacial score (nSPS) is 16.1. The Hall–Kier alpha value is -3.23. The van der Waals surface area contributed by atoms with E-state index in [1.165, 1.54) is 18.7 Å². The second-order valence-electron chi connectivity index (χ2n) is 10.5. The fourth-order valence-corrected chi connectivity index (χ4v) is 5.98. The van der Waals surface area contributed by atoms with Gasteiger partial charge in [0.15, 0.2) is 5.82 Å². The molecular weight excluding hydrogens is 535 g/mol. The number of pyridine rings is 1. The first kappa shape index (κ1) is 28.3. The van der Waals surface area contributed by atoms with Crippen molar-refractivity contribution in [3.8, 4) is 11.3 Å². The summed E-state index contributed by atoms with van der Waals surface area (Å²) in [6.07, 6.45) is 3.59. The SMILES string of the molecule is CCC(N)(c1nc(NCCc2ccccc2Cl)c2ccc(-c3ncccc3C(F)(F)F)cc2n1)C1CCCCC1. The van der Waals surface area contributed by atoms with Gasteiger partial charge >= 0.3 is 6.18 Å². The molecule has 2 heterocycles. The van der Waals surface area contributed by atoms with E-state index in [0.29, 0.717) is 52.5 Å². The number of aromatic nitrogens is 3. The first-order chi connectivity index (χ1) is 19.2. The summed E-state index contributed by atoms with van der Waals surface area (Å²) in [6.45, 7) is 2.61. The average Bonchev–Trinajstić information content (AvgIpc) is 2.97. The highest BCUT2D eigenvalue weighted by molar-refractivity contribution is 6.31. The summed E-state index contributed by atoms with van der Waals surface area (Å²) in [5.74, 6) is 1.36. The summed E-state index contributed by atoms with van der Waals surface area (Å²) in [6, 6.07) is 15.1. The highest BCUT2D eigenvalue weighted by Gasteiger charge is 2.39. The molecule has 0 aliphatic heterocycles. The molecule has 2 aromatic heterocycles. The Balaban J connectivity index is 1.59. The van der Waals surface area contributed by atoms with Crippen LogP contribution in [0.5, 0.6) is 0 Å². The lowest BCUT2D eigenvalue weighted by atomic mass is 9.73. The third-order valence-corrected chi connectivity index (χ3v) is 8.43. The van der Waals surface area contributed by atoms with Crippen LogP contribution < -0.4 is 11.1 Å². The number of alkyl halides is 3. The predicted octanol–water partition coefficient (Wildman–Crippen LogP) is 8.16. The van der Waals surface area contributed by atoms with Gasteiger partial charge in [0.2, 0.25) is 0 Å². The number of anilines is 1. The van der Waals surface area contributed by atoms with Crippen LogP contribution in [0.25, 0.3) is 22.2 Å². The van der Waals surface area contributed by atoms with E-state index in [9.17, 15) is 13.2 Å². The van der Waals surface area contributed by atoms with Crippen LogP contribution in [0.15, 0.2) is 60.8 Å². The Morgan fingerprint density at radius 3 is 2.50 bits per heavy atom. The van der Waals surface area contributed by atoms with Crippen molar-refractivity contribution < 1.29 is 13.2 Å². The van der Waals surface area contributed by atoms with Gasteiger partial charge in [0.25, 0.3) is 0 Å². The molecule has 1 aliphatic rings. The van der Waals surface area contributed by atoms with Crippen LogP contribution in [-0.4, -0.2) is 21.5 Å². The van der Waals surface area contributed by atoms with Gasteiger partial charge in [-0.1, -0.05) is 62.1 Å². The van der Waals surface area contributed by atoms with E-state index in [-0.39, 0.29) is 11.6 Å². The molecule has 2 aromatic carbocycles. The number of nitrogens with one attached hydrogen (secondary N) is 1. The fraction of sp³-hybridized carbons (Fsp3) is 0.387. The molecule has 1 fully saturated rings. The molecule has 0 amide bonds. The summed E-state index contributed by atoms with van der Waals surface area (Å²) in [4.78, 5) is 13.9. The van der Waals surface area contributed by atoms with Crippen molar-refractivity contribution in [2.24, 2.45) is 11.7 Å². The van der Waals surface area contributed by atoms with E-state index in [2.05, 4.69) is 10.3 Å². The van der Waals surface area contributed by atoms with Gasteiger partial charge in [-0.3, -0.25) is 4.98 Å². The minimum absolute atomic E-state index is 0.132. The number of nitrogens with zero attached hydrogens (tertiary/aromatic N) is 3. The van der Waals surface area contributed by atoms with Gasteiger partial charge in [0.05, 0.1) is 22.3 Å². The Morgan fingerprint density at radius 1 is 1.00 bits per heavy atom. The van der Waals surface area contributed by atoms with Crippen molar-refractivity contribution in [3.05, 3.63) is 82.8 Å². The molecule has 5 nitrogen and oxygen atoms in total. The molecule has 9 heteroatoms. The third kappa shape index (κ3) is 5.79. The zero-order valence-electron chi connectivity index (χ0n) is 22.4. The maximum atomic E-state index is 13.8. The molecule has 40 heavy (non-hydrogen) atoms. The third-order valence-electron chi connectivity index (χ3n) is 8.06. The number of rotatable bonds is 8. The number of hydrogen-bond acceptors (Lipinski definition) is 5. The van der Waals surface area contributed by atoms with Gasteiger partial charge in [-0.25, -0.2) is 9.97 Å². The summed E-state index contributed by atoms with van der Waals surface area (Å²) in [7, 11) is 0. The van der Waals surface area contributed by atoms with E-state index in [1.54, 1.807) is 18.2 Å². The highest BCUT2D eigenvalue weighted by atomic mass is 35.5. The summed E-state index contributed by atoms with van der Waals surface area (Å²) < 4.78 is 41.4. The zero-order chi connectivity index (χ0) is 28.3. The van der Waals surface area contributed by atoms with Gasteiger partial charge in [-0.2, -0.15) is 13.2 Å².